The molecule has 10 nitrogen and oxygen atoms in total. The monoisotopic (exact) mass is 772 g/mol. The third-order valence-corrected chi connectivity index (χ3v) is 10.3. The van der Waals surface area contributed by atoms with Gasteiger partial charge in [0, 0.05) is 19.4 Å². The normalized spacial score (nSPS) is 13.9. The number of aliphatic hydroxyl groups is 1. The van der Waals surface area contributed by atoms with Gasteiger partial charge in [0.2, 0.25) is 17.7 Å². The zero-order valence-electron chi connectivity index (χ0n) is 33.4. The van der Waals surface area contributed by atoms with Crippen LogP contribution >= 0.6 is 0 Å². The first-order valence-corrected chi connectivity index (χ1v) is 20.0. The van der Waals surface area contributed by atoms with Gasteiger partial charge in [0.1, 0.15) is 18.7 Å². The molecule has 4 amide bonds. The molecule has 0 aromatic heterocycles. The molecule has 5 aromatic carbocycles. The molecule has 0 saturated carbocycles. The highest BCUT2D eigenvalue weighted by Gasteiger charge is 2.32. The molecule has 0 heterocycles. The zero-order chi connectivity index (χ0) is 40.7. The minimum atomic E-state index is -1.16. The lowest BCUT2D eigenvalue weighted by atomic mass is 9.94. The molecule has 0 saturated heterocycles. The standard InChI is InChI=1S/C47H56N4O6/c1-5-32(4)29-48-44(53)28-43(52)40(25-31(2)3)49-45(54)41(26-36-21-13-19-34-17-9-11-23-38(34)36)50-46(55)42(51-47(56)57-30-33-15-7-6-8-16-33)27-37-22-14-20-35-18-10-12-24-39(35)37/h6-24,31-32,40-43,52H,5,25-30H2,1-4H3,(H,48,53)(H,49,54)(H,50,55)(H,51,56)/t32?,40?,41-,42-,43?/m0/s1. The molecule has 10 heteroatoms. The Bertz CT molecular complexity index is 2090. The van der Waals surface area contributed by atoms with Gasteiger partial charge in [-0.05, 0) is 56.5 Å². The van der Waals surface area contributed by atoms with E-state index in [-0.39, 0.29) is 37.7 Å². The highest BCUT2D eigenvalue weighted by atomic mass is 16.5. The van der Waals surface area contributed by atoms with Crippen molar-refractivity contribution in [2.45, 2.75) is 90.6 Å². The number of carbonyl (C=O) groups excluding carboxylic acids is 4. The Hall–Kier alpha value is -5.74. The first kappa shape index (κ1) is 42.4. The van der Waals surface area contributed by atoms with E-state index in [4.69, 9.17) is 4.74 Å². The van der Waals surface area contributed by atoms with Crippen molar-refractivity contribution < 1.29 is 29.0 Å². The Morgan fingerprint density at radius 1 is 0.649 bits per heavy atom. The minimum absolute atomic E-state index is 0.0105. The van der Waals surface area contributed by atoms with E-state index in [9.17, 15) is 24.3 Å². The predicted octanol–water partition coefficient (Wildman–Crippen LogP) is 7.00. The first-order chi connectivity index (χ1) is 27.5. The van der Waals surface area contributed by atoms with Crippen LogP contribution in [0.2, 0.25) is 0 Å². The fourth-order valence-electron chi connectivity index (χ4n) is 6.92. The van der Waals surface area contributed by atoms with Gasteiger partial charge in [0.05, 0.1) is 18.6 Å². The zero-order valence-corrected chi connectivity index (χ0v) is 33.4. The van der Waals surface area contributed by atoms with Crippen LogP contribution in [0.25, 0.3) is 21.5 Å². The van der Waals surface area contributed by atoms with Crippen LogP contribution in [0.5, 0.6) is 0 Å². The second-order valence-corrected chi connectivity index (χ2v) is 15.3. The van der Waals surface area contributed by atoms with Crippen molar-refractivity contribution in [1.29, 1.82) is 0 Å². The van der Waals surface area contributed by atoms with Gasteiger partial charge in [-0.15, -0.1) is 0 Å². The molecule has 0 fully saturated rings. The lowest BCUT2D eigenvalue weighted by Crippen LogP contribution is -2.57. The van der Waals surface area contributed by atoms with Crippen LogP contribution < -0.4 is 21.3 Å². The lowest BCUT2D eigenvalue weighted by molar-refractivity contribution is -0.131. The summed E-state index contributed by atoms with van der Waals surface area (Å²) in [6.07, 6.45) is -0.570. The molecule has 5 aromatic rings. The molecule has 57 heavy (non-hydrogen) atoms. The Morgan fingerprint density at radius 3 is 1.75 bits per heavy atom. The number of hydrogen-bond donors (Lipinski definition) is 5. The average Bonchev–Trinajstić information content (AvgIpc) is 3.21. The van der Waals surface area contributed by atoms with Crippen LogP contribution in [0.1, 0.15) is 63.6 Å². The molecular weight excluding hydrogens is 717 g/mol. The lowest BCUT2D eigenvalue weighted by Gasteiger charge is -2.29. The van der Waals surface area contributed by atoms with E-state index in [2.05, 4.69) is 21.3 Å². The van der Waals surface area contributed by atoms with E-state index in [0.29, 0.717) is 18.9 Å². The molecule has 0 radical (unpaired) electrons. The molecule has 3 unspecified atom stereocenters. The molecule has 5 atom stereocenters. The summed E-state index contributed by atoms with van der Waals surface area (Å²) in [5.74, 6) is -1.02. The Labute approximate surface area is 335 Å². The van der Waals surface area contributed by atoms with Crippen molar-refractivity contribution in [3.63, 3.8) is 0 Å². The maximum absolute atomic E-state index is 14.5. The molecular formula is C47H56N4O6. The van der Waals surface area contributed by atoms with Gasteiger partial charge < -0.3 is 31.1 Å². The van der Waals surface area contributed by atoms with Crippen molar-refractivity contribution in [1.82, 2.24) is 21.3 Å². The number of aliphatic hydroxyl groups excluding tert-OH is 1. The summed E-state index contributed by atoms with van der Waals surface area (Å²) in [4.78, 5) is 55.1. The summed E-state index contributed by atoms with van der Waals surface area (Å²) in [6, 6.07) is 33.5. The number of amides is 4. The average molecular weight is 773 g/mol. The summed E-state index contributed by atoms with van der Waals surface area (Å²) in [5.41, 5.74) is 2.46. The Kier molecular flexibility index (Phi) is 15.6. The predicted molar refractivity (Wildman–Crippen MR) is 225 cm³/mol. The fraction of sp³-hybridized carbons (Fsp3) is 0.362. The largest absolute Gasteiger partial charge is 0.445 e. The smallest absolute Gasteiger partial charge is 0.408 e. The highest BCUT2D eigenvalue weighted by Crippen LogP contribution is 2.22. The number of ether oxygens (including phenoxy) is 1. The molecule has 0 aliphatic rings. The van der Waals surface area contributed by atoms with Crippen LogP contribution in [0.4, 0.5) is 4.79 Å². The maximum Gasteiger partial charge on any atom is 0.408 e. The van der Waals surface area contributed by atoms with E-state index in [1.807, 2.05) is 143 Å². The summed E-state index contributed by atoms with van der Waals surface area (Å²) >= 11 is 0. The van der Waals surface area contributed by atoms with Gasteiger partial charge >= 0.3 is 6.09 Å². The van der Waals surface area contributed by atoms with E-state index in [1.54, 1.807) is 0 Å². The Morgan fingerprint density at radius 2 is 1.18 bits per heavy atom. The van der Waals surface area contributed by atoms with Crippen LogP contribution in [0, 0.1) is 11.8 Å². The van der Waals surface area contributed by atoms with E-state index in [0.717, 1.165) is 44.7 Å². The number of carbonyl (C=O) groups is 4. The SMILES string of the molecule is CCC(C)CNC(=O)CC(O)C(CC(C)C)NC(=O)[C@H](Cc1cccc2ccccc12)NC(=O)[C@H](Cc1cccc2ccccc12)NC(=O)OCc1ccccc1. The molecule has 0 bridgehead atoms. The van der Waals surface area contributed by atoms with Crippen LogP contribution in [0.3, 0.4) is 0 Å². The van der Waals surface area contributed by atoms with Crippen molar-refractivity contribution in [3.8, 4) is 0 Å². The molecule has 5 N–H and O–H groups in total. The number of hydrogen-bond acceptors (Lipinski definition) is 6. The second-order valence-electron chi connectivity index (χ2n) is 15.3. The summed E-state index contributed by atoms with van der Waals surface area (Å²) in [7, 11) is 0. The number of fused-ring (bicyclic) bond motifs is 2. The summed E-state index contributed by atoms with van der Waals surface area (Å²) < 4.78 is 5.54. The number of benzene rings is 5. The molecule has 0 aliphatic carbocycles. The third kappa shape index (κ3) is 12.6. The van der Waals surface area contributed by atoms with Crippen LogP contribution in [0.15, 0.2) is 115 Å². The number of rotatable bonds is 19. The fourth-order valence-corrected chi connectivity index (χ4v) is 6.92. The topological polar surface area (TPSA) is 146 Å². The molecule has 300 valence electrons. The maximum atomic E-state index is 14.5. The van der Waals surface area contributed by atoms with Gasteiger partial charge in [0.25, 0.3) is 0 Å². The van der Waals surface area contributed by atoms with Gasteiger partial charge in [-0.3, -0.25) is 14.4 Å². The van der Waals surface area contributed by atoms with Crippen LogP contribution in [-0.2, 0) is 38.6 Å². The number of alkyl carbamates (subject to hydrolysis) is 1. The molecule has 5 rings (SSSR count). The van der Waals surface area contributed by atoms with Gasteiger partial charge in [0.15, 0.2) is 0 Å². The highest BCUT2D eigenvalue weighted by molar-refractivity contribution is 5.94. The Balaban J connectivity index is 1.43. The van der Waals surface area contributed by atoms with Crippen LogP contribution in [-0.4, -0.2) is 59.7 Å². The second kappa shape index (κ2) is 21.0. The third-order valence-electron chi connectivity index (χ3n) is 10.3. The minimum Gasteiger partial charge on any atom is -0.445 e. The van der Waals surface area contributed by atoms with Gasteiger partial charge in [-0.1, -0.05) is 149 Å². The van der Waals surface area contributed by atoms with Gasteiger partial charge in [-0.2, -0.15) is 0 Å². The quantitative estimate of drug-likeness (QED) is 0.0611. The summed E-state index contributed by atoms with van der Waals surface area (Å²) in [5, 5.41) is 26.8. The van der Waals surface area contributed by atoms with Crippen molar-refractivity contribution in [2.24, 2.45) is 11.8 Å². The van der Waals surface area contributed by atoms with E-state index < -0.39 is 42.1 Å². The van der Waals surface area contributed by atoms with Crippen molar-refractivity contribution >= 4 is 45.4 Å². The van der Waals surface area contributed by atoms with Crippen molar-refractivity contribution in [3.05, 3.63) is 132 Å². The van der Waals surface area contributed by atoms with E-state index >= 15 is 0 Å². The van der Waals surface area contributed by atoms with Gasteiger partial charge in [-0.25, -0.2) is 4.79 Å². The first-order valence-electron chi connectivity index (χ1n) is 20.0. The number of nitrogens with one attached hydrogen (secondary N) is 4. The van der Waals surface area contributed by atoms with Crippen molar-refractivity contribution in [2.75, 3.05) is 6.54 Å². The summed E-state index contributed by atoms with van der Waals surface area (Å²) in [6.45, 7) is 8.55. The van der Waals surface area contributed by atoms with E-state index in [1.165, 1.54) is 0 Å². The molecule has 0 spiro atoms. The molecule has 0 aliphatic heterocycles.